The molecule has 0 spiro atoms. The Morgan fingerprint density at radius 2 is 1.76 bits per heavy atom. The Morgan fingerprint density at radius 1 is 1.00 bits per heavy atom. The van der Waals surface area contributed by atoms with Gasteiger partial charge in [-0.05, 0) is 42.2 Å². The van der Waals surface area contributed by atoms with Crippen molar-refractivity contribution in [1.82, 2.24) is 20.0 Å². The number of nitrogens with one attached hydrogen (secondary N) is 1. The number of carbonyl (C=O) groups excluding carboxylic acids is 3. The van der Waals surface area contributed by atoms with Gasteiger partial charge in [-0.2, -0.15) is 0 Å². The number of hydrogen-bond donors (Lipinski definition) is 1. The quantitative estimate of drug-likeness (QED) is 0.509. The van der Waals surface area contributed by atoms with Crippen LogP contribution in [0.2, 0.25) is 10.0 Å². The lowest BCUT2D eigenvalue weighted by Crippen LogP contribution is -2.61. The Balaban J connectivity index is 1.08. The lowest BCUT2D eigenvalue weighted by molar-refractivity contribution is -0.137. The molecule has 3 amide bonds. The number of fused-ring (bicyclic) bond motifs is 1. The summed E-state index contributed by atoms with van der Waals surface area (Å²) in [6.45, 7) is 2.14. The molecule has 4 heterocycles. The number of piperidine rings is 2. The fourth-order valence-electron chi connectivity index (χ4n) is 6.66. The topological polar surface area (TPSA) is 76.2 Å². The minimum Gasteiger partial charge on any atom is -0.368 e. The van der Waals surface area contributed by atoms with Crippen LogP contribution in [0, 0.1) is 5.82 Å². The van der Waals surface area contributed by atoms with E-state index in [0.717, 1.165) is 5.69 Å². The number of hydrogen-bond acceptors (Lipinski definition) is 6. The van der Waals surface area contributed by atoms with Gasteiger partial charge < -0.3 is 9.80 Å². The van der Waals surface area contributed by atoms with Crippen molar-refractivity contribution >= 4 is 46.6 Å². The first-order valence-electron chi connectivity index (χ1n) is 14.0. The van der Waals surface area contributed by atoms with Gasteiger partial charge in [0.1, 0.15) is 11.9 Å². The third-order valence-corrected chi connectivity index (χ3v) is 9.52. The van der Waals surface area contributed by atoms with Crippen molar-refractivity contribution in [2.75, 3.05) is 44.2 Å². The van der Waals surface area contributed by atoms with Gasteiger partial charge in [0.25, 0.3) is 11.8 Å². The Hall–Kier alpha value is -2.86. The van der Waals surface area contributed by atoms with Crippen molar-refractivity contribution in [3.8, 4) is 0 Å². The average molecular weight is 624 g/mol. The van der Waals surface area contributed by atoms with E-state index in [9.17, 15) is 14.4 Å². The number of nitrogens with zero attached hydrogens (tertiary/aromatic N) is 4. The highest BCUT2D eigenvalue weighted by molar-refractivity contribution is 6.43. The molecule has 13 heteroatoms. The molecule has 2 unspecified atom stereocenters. The summed E-state index contributed by atoms with van der Waals surface area (Å²) in [6, 6.07) is 6.53. The van der Waals surface area contributed by atoms with Gasteiger partial charge in [-0.25, -0.2) is 13.2 Å². The zero-order chi connectivity index (χ0) is 29.8. The van der Waals surface area contributed by atoms with Crippen molar-refractivity contribution < 1.29 is 27.6 Å². The molecule has 6 rings (SSSR count). The number of piperazine rings is 1. The summed E-state index contributed by atoms with van der Waals surface area (Å²) in [6.07, 6.45) is 0.535. The number of rotatable bonds is 5. The van der Waals surface area contributed by atoms with Crippen LogP contribution >= 0.6 is 23.2 Å². The monoisotopic (exact) mass is 623 g/mol. The third-order valence-electron chi connectivity index (χ3n) is 8.71. The summed E-state index contributed by atoms with van der Waals surface area (Å²) in [5.74, 6) is -5.29. The van der Waals surface area contributed by atoms with E-state index >= 15 is 13.2 Å². The van der Waals surface area contributed by atoms with Crippen LogP contribution in [-0.4, -0.2) is 89.7 Å². The minimum atomic E-state index is -2.97. The number of anilines is 1. The van der Waals surface area contributed by atoms with Crippen LogP contribution in [0.3, 0.4) is 0 Å². The summed E-state index contributed by atoms with van der Waals surface area (Å²) in [5.41, 5.74) is 1.60. The van der Waals surface area contributed by atoms with E-state index < -0.39 is 48.1 Å². The first-order valence-corrected chi connectivity index (χ1v) is 14.8. The van der Waals surface area contributed by atoms with Crippen molar-refractivity contribution in [1.29, 1.82) is 0 Å². The van der Waals surface area contributed by atoms with Crippen LogP contribution in [-0.2, 0) is 22.7 Å². The van der Waals surface area contributed by atoms with Crippen LogP contribution in [0.4, 0.5) is 18.9 Å². The molecule has 2 aromatic rings. The lowest BCUT2D eigenvalue weighted by atomic mass is 9.97. The number of halogens is 5. The molecule has 0 radical (unpaired) electrons. The molecule has 2 aromatic carbocycles. The molecule has 4 aliphatic rings. The molecule has 0 aromatic heterocycles. The van der Waals surface area contributed by atoms with E-state index in [4.69, 9.17) is 23.2 Å². The lowest BCUT2D eigenvalue weighted by Gasteiger charge is -2.46. The van der Waals surface area contributed by atoms with E-state index in [-0.39, 0.29) is 37.9 Å². The molecule has 0 bridgehead atoms. The highest BCUT2D eigenvalue weighted by Crippen LogP contribution is 2.36. The van der Waals surface area contributed by atoms with Crippen LogP contribution in [0.5, 0.6) is 0 Å². The van der Waals surface area contributed by atoms with Crippen LogP contribution in [0.15, 0.2) is 30.3 Å². The van der Waals surface area contributed by atoms with Crippen molar-refractivity contribution in [3.63, 3.8) is 0 Å². The second-order valence-electron chi connectivity index (χ2n) is 11.4. The summed E-state index contributed by atoms with van der Waals surface area (Å²) in [4.78, 5) is 43.5. The Kier molecular flexibility index (Phi) is 7.88. The van der Waals surface area contributed by atoms with Gasteiger partial charge in [0.05, 0.1) is 33.9 Å². The summed E-state index contributed by atoms with van der Waals surface area (Å²) in [7, 11) is 0. The van der Waals surface area contributed by atoms with E-state index in [1.54, 1.807) is 17.0 Å². The maximum Gasteiger partial charge on any atom is 0.275 e. The van der Waals surface area contributed by atoms with Crippen LogP contribution in [0.1, 0.15) is 40.7 Å². The molecule has 3 fully saturated rings. The summed E-state index contributed by atoms with van der Waals surface area (Å²) < 4.78 is 46.1. The van der Waals surface area contributed by atoms with Gasteiger partial charge in [0.2, 0.25) is 11.8 Å². The highest BCUT2D eigenvalue weighted by atomic mass is 35.5. The Labute approximate surface area is 251 Å². The molecule has 3 saturated heterocycles. The second kappa shape index (κ2) is 11.3. The van der Waals surface area contributed by atoms with E-state index in [1.165, 1.54) is 11.0 Å². The standard InChI is InChI=1S/C29H30Cl2F3N5O3/c30-19-2-1-3-21(26(19)31)37-8-10-38(11-9-37)23-6-7-36(16-29(23,33)34)14-17-12-18-15-39(28(42)25(18)20(32)13-17)22-4-5-24(40)35-27(22)41/h1-3,12-13,22-23H,4-11,14-16H2,(H,35,40,41). The maximum atomic E-state index is 15.5. The zero-order valence-electron chi connectivity index (χ0n) is 22.7. The van der Waals surface area contributed by atoms with E-state index in [0.29, 0.717) is 53.9 Å². The molecule has 8 nitrogen and oxygen atoms in total. The minimum absolute atomic E-state index is 0.0236. The molecule has 4 aliphatic heterocycles. The predicted octanol–water partition coefficient (Wildman–Crippen LogP) is 3.93. The number of likely N-dealkylation sites (tertiary alicyclic amines) is 1. The van der Waals surface area contributed by atoms with Gasteiger partial charge in [-0.15, -0.1) is 0 Å². The largest absolute Gasteiger partial charge is 0.368 e. The fraction of sp³-hybridized carbons (Fsp3) is 0.483. The highest BCUT2D eigenvalue weighted by Gasteiger charge is 2.48. The Bertz CT molecular complexity index is 1440. The number of alkyl halides is 2. The van der Waals surface area contributed by atoms with Gasteiger partial charge in [0.15, 0.2) is 0 Å². The first kappa shape index (κ1) is 29.2. The molecule has 0 saturated carbocycles. The number of carbonyl (C=O) groups is 3. The third kappa shape index (κ3) is 5.47. The normalized spacial score (nSPS) is 25.1. The van der Waals surface area contributed by atoms with Crippen molar-refractivity contribution in [2.45, 2.75) is 50.4 Å². The van der Waals surface area contributed by atoms with Gasteiger partial charge in [-0.1, -0.05) is 35.3 Å². The molecular formula is C29H30Cl2F3N5O3. The fourth-order valence-corrected chi connectivity index (χ4v) is 7.08. The molecule has 224 valence electrons. The smallest absolute Gasteiger partial charge is 0.275 e. The second-order valence-corrected chi connectivity index (χ2v) is 12.2. The van der Waals surface area contributed by atoms with Crippen LogP contribution < -0.4 is 10.2 Å². The molecule has 1 N–H and O–H groups in total. The molecule has 0 aliphatic carbocycles. The average Bonchev–Trinajstić information content (AvgIpc) is 3.26. The SMILES string of the molecule is O=C1CCC(N2Cc3cc(CN4CCC(N5CCN(c6cccc(Cl)c6Cl)CC5)C(F)(F)C4)cc(F)c3C2=O)C(=O)N1. The predicted molar refractivity (Wildman–Crippen MR) is 151 cm³/mol. The van der Waals surface area contributed by atoms with Crippen molar-refractivity contribution in [3.05, 3.63) is 62.9 Å². The van der Waals surface area contributed by atoms with Crippen LogP contribution in [0.25, 0.3) is 0 Å². The summed E-state index contributed by atoms with van der Waals surface area (Å²) >= 11 is 12.5. The van der Waals surface area contributed by atoms with E-state index in [1.807, 2.05) is 17.0 Å². The number of imide groups is 1. The van der Waals surface area contributed by atoms with E-state index in [2.05, 4.69) is 10.2 Å². The van der Waals surface area contributed by atoms with Gasteiger partial charge >= 0.3 is 0 Å². The molecule has 42 heavy (non-hydrogen) atoms. The summed E-state index contributed by atoms with van der Waals surface area (Å²) in [5, 5.41) is 3.14. The Morgan fingerprint density at radius 3 is 2.48 bits per heavy atom. The number of amides is 3. The first-order chi connectivity index (χ1) is 20.0. The number of benzene rings is 2. The van der Waals surface area contributed by atoms with Crippen molar-refractivity contribution in [2.24, 2.45) is 0 Å². The molecular weight excluding hydrogens is 594 g/mol. The van der Waals surface area contributed by atoms with Gasteiger partial charge in [0, 0.05) is 52.2 Å². The van der Waals surface area contributed by atoms with Gasteiger partial charge in [-0.3, -0.25) is 29.5 Å². The molecule has 2 atom stereocenters. The zero-order valence-corrected chi connectivity index (χ0v) is 24.2. The maximum absolute atomic E-state index is 15.5.